The number of rotatable bonds is 4. The van der Waals surface area contributed by atoms with Crippen molar-refractivity contribution in [1.29, 1.82) is 5.26 Å². The second kappa shape index (κ2) is 5.16. The third kappa shape index (κ3) is 2.71. The van der Waals surface area contributed by atoms with E-state index in [9.17, 15) is 4.79 Å². The first-order valence-corrected chi connectivity index (χ1v) is 5.82. The molecular weight excluding hydrogens is 188 g/mol. The van der Waals surface area contributed by atoms with Gasteiger partial charge in [0.25, 0.3) is 0 Å². The predicted molar refractivity (Wildman–Crippen MR) is 59.0 cm³/mol. The van der Waals surface area contributed by atoms with E-state index >= 15 is 0 Å². The number of nitriles is 1. The van der Waals surface area contributed by atoms with E-state index in [1.165, 1.54) is 0 Å². The molecule has 0 aliphatic heterocycles. The van der Waals surface area contributed by atoms with Crippen LogP contribution in [0.2, 0.25) is 0 Å². The Balaban J connectivity index is 2.48. The Labute approximate surface area is 91.9 Å². The zero-order valence-corrected chi connectivity index (χ0v) is 9.68. The first kappa shape index (κ1) is 12.0. The third-order valence-electron chi connectivity index (χ3n) is 3.51. The molecule has 3 nitrogen and oxygen atoms in total. The van der Waals surface area contributed by atoms with Gasteiger partial charge in [0, 0.05) is 12.0 Å². The lowest BCUT2D eigenvalue weighted by Crippen LogP contribution is -2.40. The van der Waals surface area contributed by atoms with E-state index in [0.29, 0.717) is 6.54 Å². The maximum Gasteiger partial charge on any atom is 0.226 e. The van der Waals surface area contributed by atoms with Gasteiger partial charge in [0.05, 0.1) is 12.0 Å². The molecule has 1 aliphatic rings. The molecule has 15 heavy (non-hydrogen) atoms. The first-order chi connectivity index (χ1) is 7.14. The molecular formula is C12H20N2O. The van der Waals surface area contributed by atoms with Crippen LogP contribution in [0.1, 0.15) is 46.0 Å². The summed E-state index contributed by atoms with van der Waals surface area (Å²) in [5.74, 6) is 0.0638. The molecule has 0 saturated heterocycles. The molecule has 1 fully saturated rings. The van der Waals surface area contributed by atoms with Crippen LogP contribution >= 0.6 is 0 Å². The molecule has 84 valence electrons. The van der Waals surface area contributed by atoms with Crippen molar-refractivity contribution in [1.82, 2.24) is 5.32 Å². The van der Waals surface area contributed by atoms with Gasteiger partial charge in [-0.25, -0.2) is 0 Å². The second-order valence-electron chi connectivity index (χ2n) is 4.58. The van der Waals surface area contributed by atoms with Crippen LogP contribution in [0.25, 0.3) is 0 Å². The highest BCUT2D eigenvalue weighted by molar-refractivity contribution is 5.82. The summed E-state index contributed by atoms with van der Waals surface area (Å²) in [5, 5.41) is 11.5. The standard InChI is InChI=1S/C12H20N2O/c1-3-12(6-4-5-7-12)11(15)14-9-10(2)8-13/h10H,3-7,9H2,1-2H3,(H,14,15). The summed E-state index contributed by atoms with van der Waals surface area (Å²) in [6, 6.07) is 2.13. The van der Waals surface area contributed by atoms with Crippen LogP contribution in [0.4, 0.5) is 0 Å². The van der Waals surface area contributed by atoms with Crippen molar-refractivity contribution in [2.75, 3.05) is 6.54 Å². The van der Waals surface area contributed by atoms with E-state index in [1.54, 1.807) is 0 Å². The summed E-state index contributed by atoms with van der Waals surface area (Å²) >= 11 is 0. The monoisotopic (exact) mass is 208 g/mol. The van der Waals surface area contributed by atoms with Gasteiger partial charge in [-0.2, -0.15) is 5.26 Å². The SMILES string of the molecule is CCC1(C(=O)NCC(C)C#N)CCCC1. The van der Waals surface area contributed by atoms with E-state index in [-0.39, 0.29) is 17.2 Å². The third-order valence-corrected chi connectivity index (χ3v) is 3.51. The van der Waals surface area contributed by atoms with Crippen molar-refractivity contribution in [3.05, 3.63) is 0 Å². The normalized spacial score (nSPS) is 20.6. The molecule has 3 heteroatoms. The molecule has 1 amide bonds. The average molecular weight is 208 g/mol. The van der Waals surface area contributed by atoms with E-state index in [1.807, 2.05) is 6.92 Å². The molecule has 0 radical (unpaired) electrons. The molecule has 1 N–H and O–H groups in total. The van der Waals surface area contributed by atoms with Gasteiger partial charge in [-0.05, 0) is 26.2 Å². The second-order valence-corrected chi connectivity index (χ2v) is 4.58. The van der Waals surface area contributed by atoms with Crippen LogP contribution in [0.3, 0.4) is 0 Å². The molecule has 0 heterocycles. The lowest BCUT2D eigenvalue weighted by molar-refractivity contribution is -0.131. The summed E-state index contributed by atoms with van der Waals surface area (Å²) in [6.45, 7) is 4.39. The highest BCUT2D eigenvalue weighted by Crippen LogP contribution is 2.41. The van der Waals surface area contributed by atoms with Crippen LogP contribution in [0.15, 0.2) is 0 Å². The fraction of sp³-hybridized carbons (Fsp3) is 0.833. The number of amides is 1. The fourth-order valence-corrected chi connectivity index (χ4v) is 2.27. The van der Waals surface area contributed by atoms with Crippen molar-refractivity contribution in [3.63, 3.8) is 0 Å². The van der Waals surface area contributed by atoms with E-state index < -0.39 is 0 Å². The fourth-order valence-electron chi connectivity index (χ4n) is 2.27. The summed E-state index contributed by atoms with van der Waals surface area (Å²) < 4.78 is 0. The van der Waals surface area contributed by atoms with Crippen molar-refractivity contribution in [2.45, 2.75) is 46.0 Å². The van der Waals surface area contributed by atoms with Crippen LogP contribution in [0, 0.1) is 22.7 Å². The molecule has 0 aromatic carbocycles. The summed E-state index contributed by atoms with van der Waals surface area (Å²) in [5.41, 5.74) is -0.130. The Bertz CT molecular complexity index is 261. The zero-order chi connectivity index (χ0) is 11.3. The molecule has 1 aliphatic carbocycles. The topological polar surface area (TPSA) is 52.9 Å². The van der Waals surface area contributed by atoms with Crippen molar-refractivity contribution < 1.29 is 4.79 Å². The Kier molecular flexibility index (Phi) is 4.14. The smallest absolute Gasteiger partial charge is 0.226 e. The van der Waals surface area contributed by atoms with Crippen LogP contribution in [-0.4, -0.2) is 12.5 Å². The van der Waals surface area contributed by atoms with Gasteiger partial charge in [-0.3, -0.25) is 4.79 Å². The van der Waals surface area contributed by atoms with Crippen molar-refractivity contribution in [3.8, 4) is 6.07 Å². The molecule has 0 spiro atoms. The quantitative estimate of drug-likeness (QED) is 0.770. The van der Waals surface area contributed by atoms with Crippen molar-refractivity contribution >= 4 is 5.91 Å². The number of nitrogens with one attached hydrogen (secondary N) is 1. The van der Waals surface area contributed by atoms with E-state index in [2.05, 4.69) is 18.3 Å². The zero-order valence-electron chi connectivity index (χ0n) is 9.68. The van der Waals surface area contributed by atoms with Gasteiger partial charge >= 0.3 is 0 Å². The molecule has 1 saturated carbocycles. The Morgan fingerprint density at radius 2 is 2.13 bits per heavy atom. The number of carbonyl (C=O) groups is 1. The highest BCUT2D eigenvalue weighted by Gasteiger charge is 2.38. The van der Waals surface area contributed by atoms with Gasteiger partial charge in [-0.1, -0.05) is 19.8 Å². The minimum absolute atomic E-state index is 0.0933. The number of hydrogen-bond donors (Lipinski definition) is 1. The molecule has 0 aromatic rings. The lowest BCUT2D eigenvalue weighted by Gasteiger charge is -2.26. The first-order valence-electron chi connectivity index (χ1n) is 5.82. The van der Waals surface area contributed by atoms with Crippen LogP contribution in [-0.2, 0) is 4.79 Å². The minimum atomic E-state index is -0.130. The van der Waals surface area contributed by atoms with Gasteiger partial charge in [0.2, 0.25) is 5.91 Å². The van der Waals surface area contributed by atoms with Crippen molar-refractivity contribution in [2.24, 2.45) is 11.3 Å². The van der Waals surface area contributed by atoms with Crippen LogP contribution < -0.4 is 5.32 Å². The molecule has 1 unspecified atom stereocenters. The number of nitrogens with zero attached hydrogens (tertiary/aromatic N) is 1. The molecule has 0 bridgehead atoms. The van der Waals surface area contributed by atoms with Gasteiger partial charge in [0.15, 0.2) is 0 Å². The Morgan fingerprint density at radius 3 is 2.60 bits per heavy atom. The molecule has 1 atom stereocenters. The minimum Gasteiger partial charge on any atom is -0.354 e. The largest absolute Gasteiger partial charge is 0.354 e. The molecule has 1 rings (SSSR count). The summed E-state index contributed by atoms with van der Waals surface area (Å²) in [7, 11) is 0. The Hall–Kier alpha value is -1.04. The predicted octanol–water partition coefficient (Wildman–Crippen LogP) is 2.23. The maximum atomic E-state index is 12.0. The van der Waals surface area contributed by atoms with E-state index in [4.69, 9.17) is 5.26 Å². The van der Waals surface area contributed by atoms with Gasteiger partial charge in [-0.15, -0.1) is 0 Å². The number of hydrogen-bond acceptors (Lipinski definition) is 2. The van der Waals surface area contributed by atoms with E-state index in [0.717, 1.165) is 32.1 Å². The van der Waals surface area contributed by atoms with Crippen LogP contribution in [0.5, 0.6) is 0 Å². The summed E-state index contributed by atoms with van der Waals surface area (Å²) in [4.78, 5) is 12.0. The molecule has 0 aromatic heterocycles. The highest BCUT2D eigenvalue weighted by atomic mass is 16.2. The Morgan fingerprint density at radius 1 is 1.53 bits per heavy atom. The average Bonchev–Trinajstić information content (AvgIpc) is 2.75. The van der Waals surface area contributed by atoms with Gasteiger partial charge < -0.3 is 5.32 Å². The lowest BCUT2D eigenvalue weighted by atomic mass is 9.82. The summed E-state index contributed by atoms with van der Waals surface area (Å²) in [6.07, 6.45) is 5.26. The maximum absolute atomic E-state index is 12.0. The van der Waals surface area contributed by atoms with Gasteiger partial charge in [0.1, 0.15) is 0 Å². The number of carbonyl (C=O) groups excluding carboxylic acids is 1.